The van der Waals surface area contributed by atoms with E-state index in [1.807, 2.05) is 24.3 Å². The van der Waals surface area contributed by atoms with Crippen LogP contribution >= 0.6 is 0 Å². The Morgan fingerprint density at radius 1 is 0.912 bits per heavy atom. The molecule has 34 heavy (non-hydrogen) atoms. The molecule has 2 heterocycles. The quantitative estimate of drug-likeness (QED) is 0.296. The van der Waals surface area contributed by atoms with Crippen molar-refractivity contribution < 1.29 is 18.7 Å². The molecule has 0 fully saturated rings. The molecule has 0 unspecified atom stereocenters. The summed E-state index contributed by atoms with van der Waals surface area (Å²) in [6.07, 6.45) is 3.15. The van der Waals surface area contributed by atoms with Crippen LogP contribution in [0.5, 0.6) is 5.75 Å². The van der Waals surface area contributed by atoms with Gasteiger partial charge in [0.15, 0.2) is 0 Å². The molecule has 172 valence electrons. The summed E-state index contributed by atoms with van der Waals surface area (Å²) in [5.74, 6) is 1.36. The van der Waals surface area contributed by atoms with Gasteiger partial charge in [-0.2, -0.15) is 0 Å². The Bertz CT molecular complexity index is 1260. The van der Waals surface area contributed by atoms with E-state index in [0.717, 1.165) is 0 Å². The number of pyridine rings is 1. The fraction of sp³-hybridized carbons (Fsp3) is 0.0800. The van der Waals surface area contributed by atoms with Gasteiger partial charge in [-0.3, -0.25) is 4.79 Å². The van der Waals surface area contributed by atoms with E-state index >= 15 is 0 Å². The Balaban J connectivity index is 1.38. The first-order valence-corrected chi connectivity index (χ1v) is 10.5. The molecule has 9 nitrogen and oxygen atoms in total. The number of carbonyl (C=O) groups is 2. The Kier molecular flexibility index (Phi) is 7.04. The second-order valence-corrected chi connectivity index (χ2v) is 7.14. The number of carbonyl (C=O) groups excluding carboxylic acids is 2. The minimum absolute atomic E-state index is 0.281. The van der Waals surface area contributed by atoms with Crippen LogP contribution < -0.4 is 26.0 Å². The molecule has 4 N–H and O–H groups in total. The van der Waals surface area contributed by atoms with Crippen LogP contribution in [0.1, 0.15) is 16.1 Å². The minimum Gasteiger partial charge on any atom is -0.495 e. The average Bonchev–Trinajstić information content (AvgIpc) is 3.38. The highest BCUT2D eigenvalue weighted by molar-refractivity contribution is 6.08. The maximum atomic E-state index is 12.9. The van der Waals surface area contributed by atoms with E-state index in [4.69, 9.17) is 9.15 Å². The van der Waals surface area contributed by atoms with Crippen LogP contribution in [-0.2, 0) is 6.54 Å². The number of hydrogen-bond acceptors (Lipinski definition) is 6. The summed E-state index contributed by atoms with van der Waals surface area (Å²) in [5.41, 5.74) is 2.21. The maximum absolute atomic E-state index is 12.9. The maximum Gasteiger partial charge on any atom is 0.319 e. The Labute approximate surface area is 196 Å². The Morgan fingerprint density at radius 2 is 1.68 bits per heavy atom. The number of ether oxygens (including phenoxy) is 1. The van der Waals surface area contributed by atoms with Crippen molar-refractivity contribution in [1.29, 1.82) is 0 Å². The molecule has 0 aliphatic rings. The van der Waals surface area contributed by atoms with Crippen molar-refractivity contribution in [1.82, 2.24) is 10.3 Å². The van der Waals surface area contributed by atoms with Crippen molar-refractivity contribution in [3.63, 3.8) is 0 Å². The standard InChI is InChI=1S/C25H23N5O4/c1-33-22-9-3-2-8-21(22)30-23-20(7-4-14-26-23)24(31)28-17-10-12-18(13-11-17)29-25(32)27-16-19-6-5-15-34-19/h2-15H,16H2,1H3,(H,26,30)(H,28,31)(H2,27,29,32). The van der Waals surface area contributed by atoms with Crippen LogP contribution in [0.15, 0.2) is 89.7 Å². The summed E-state index contributed by atoms with van der Waals surface area (Å²) in [6.45, 7) is 0.281. The number of methoxy groups -OCH3 is 1. The fourth-order valence-corrected chi connectivity index (χ4v) is 3.15. The summed E-state index contributed by atoms with van der Waals surface area (Å²) >= 11 is 0. The van der Waals surface area contributed by atoms with E-state index < -0.39 is 0 Å². The number of hydrogen-bond donors (Lipinski definition) is 4. The van der Waals surface area contributed by atoms with E-state index in [1.165, 1.54) is 0 Å². The molecular formula is C25H23N5O4. The number of benzene rings is 2. The number of nitrogens with one attached hydrogen (secondary N) is 4. The summed E-state index contributed by atoms with van der Waals surface area (Å²) < 4.78 is 10.5. The molecular weight excluding hydrogens is 434 g/mol. The van der Waals surface area contributed by atoms with Crippen molar-refractivity contribution in [2.24, 2.45) is 0 Å². The molecule has 0 aliphatic carbocycles. The molecule has 2 aromatic carbocycles. The molecule has 3 amide bonds. The van der Waals surface area contributed by atoms with E-state index in [9.17, 15) is 9.59 Å². The first kappa shape index (κ1) is 22.4. The largest absolute Gasteiger partial charge is 0.495 e. The molecule has 0 aliphatic heterocycles. The normalized spacial score (nSPS) is 10.3. The van der Waals surface area contributed by atoms with Crippen molar-refractivity contribution in [3.05, 3.63) is 96.6 Å². The van der Waals surface area contributed by atoms with Crippen molar-refractivity contribution in [2.45, 2.75) is 6.54 Å². The van der Waals surface area contributed by atoms with Gasteiger partial charge in [-0.05, 0) is 60.7 Å². The lowest BCUT2D eigenvalue weighted by atomic mass is 10.2. The van der Waals surface area contributed by atoms with Gasteiger partial charge in [0.1, 0.15) is 17.3 Å². The number of para-hydroxylation sites is 2. The Hall–Kier alpha value is -4.79. The average molecular weight is 457 g/mol. The molecule has 0 bridgehead atoms. The zero-order valence-corrected chi connectivity index (χ0v) is 18.4. The predicted octanol–water partition coefficient (Wildman–Crippen LogP) is 5.00. The third kappa shape index (κ3) is 5.71. The lowest BCUT2D eigenvalue weighted by Crippen LogP contribution is -2.27. The second kappa shape index (κ2) is 10.7. The number of anilines is 4. The lowest BCUT2D eigenvalue weighted by Gasteiger charge is -2.13. The number of amides is 3. The summed E-state index contributed by atoms with van der Waals surface area (Å²) in [7, 11) is 1.58. The highest BCUT2D eigenvalue weighted by Gasteiger charge is 2.14. The number of nitrogens with zero attached hydrogens (tertiary/aromatic N) is 1. The van der Waals surface area contributed by atoms with E-state index in [-0.39, 0.29) is 18.5 Å². The van der Waals surface area contributed by atoms with Gasteiger partial charge in [0.05, 0.1) is 31.2 Å². The minimum atomic E-state index is -0.365. The Morgan fingerprint density at radius 3 is 2.41 bits per heavy atom. The van der Waals surface area contributed by atoms with Gasteiger partial charge >= 0.3 is 6.03 Å². The molecule has 4 rings (SSSR count). The lowest BCUT2D eigenvalue weighted by molar-refractivity contribution is 0.102. The van der Waals surface area contributed by atoms with Gasteiger partial charge in [0.2, 0.25) is 0 Å². The zero-order chi connectivity index (χ0) is 23.8. The van der Waals surface area contributed by atoms with Crippen LogP contribution in [0.25, 0.3) is 0 Å². The highest BCUT2D eigenvalue weighted by Crippen LogP contribution is 2.28. The molecule has 2 aromatic heterocycles. The van der Waals surface area contributed by atoms with Gasteiger partial charge in [-0.25, -0.2) is 9.78 Å². The predicted molar refractivity (Wildman–Crippen MR) is 129 cm³/mol. The van der Waals surface area contributed by atoms with E-state index in [2.05, 4.69) is 26.3 Å². The summed E-state index contributed by atoms with van der Waals surface area (Å²) in [6, 6.07) is 20.7. The van der Waals surface area contributed by atoms with Gasteiger partial charge in [0, 0.05) is 17.6 Å². The van der Waals surface area contributed by atoms with Crippen LogP contribution in [0, 0.1) is 0 Å². The fourth-order valence-electron chi connectivity index (χ4n) is 3.15. The van der Waals surface area contributed by atoms with E-state index in [0.29, 0.717) is 40.0 Å². The van der Waals surface area contributed by atoms with Gasteiger partial charge in [-0.15, -0.1) is 0 Å². The number of aromatic nitrogens is 1. The van der Waals surface area contributed by atoms with E-state index in [1.54, 1.807) is 68.1 Å². The number of urea groups is 1. The van der Waals surface area contributed by atoms with Crippen LogP contribution in [-0.4, -0.2) is 24.0 Å². The topological polar surface area (TPSA) is 118 Å². The van der Waals surface area contributed by atoms with Gasteiger partial charge in [0.25, 0.3) is 5.91 Å². The van der Waals surface area contributed by atoms with Gasteiger partial charge in [-0.1, -0.05) is 12.1 Å². The monoisotopic (exact) mass is 457 g/mol. The number of furan rings is 1. The van der Waals surface area contributed by atoms with Crippen LogP contribution in [0.2, 0.25) is 0 Å². The summed E-state index contributed by atoms with van der Waals surface area (Å²) in [5, 5.41) is 11.4. The van der Waals surface area contributed by atoms with Gasteiger partial charge < -0.3 is 30.4 Å². The van der Waals surface area contributed by atoms with Crippen molar-refractivity contribution in [3.8, 4) is 5.75 Å². The highest BCUT2D eigenvalue weighted by atomic mass is 16.5. The van der Waals surface area contributed by atoms with Crippen LogP contribution in [0.3, 0.4) is 0 Å². The SMILES string of the molecule is COc1ccccc1Nc1ncccc1C(=O)Nc1ccc(NC(=O)NCc2ccco2)cc1. The molecule has 0 spiro atoms. The summed E-state index contributed by atoms with van der Waals surface area (Å²) in [4.78, 5) is 29.3. The molecule has 0 saturated carbocycles. The molecule has 0 saturated heterocycles. The second-order valence-electron chi connectivity index (χ2n) is 7.14. The first-order chi connectivity index (χ1) is 16.6. The van der Waals surface area contributed by atoms with Crippen LogP contribution in [0.4, 0.5) is 27.7 Å². The van der Waals surface area contributed by atoms with Crippen molar-refractivity contribution >= 4 is 34.8 Å². The third-order valence-corrected chi connectivity index (χ3v) is 4.82. The smallest absolute Gasteiger partial charge is 0.319 e. The molecule has 4 aromatic rings. The van der Waals surface area contributed by atoms with Crippen molar-refractivity contribution in [2.75, 3.05) is 23.1 Å². The first-order valence-electron chi connectivity index (χ1n) is 10.5. The molecule has 0 atom stereocenters. The molecule has 9 heteroatoms. The number of rotatable bonds is 8. The zero-order valence-electron chi connectivity index (χ0n) is 18.4. The third-order valence-electron chi connectivity index (χ3n) is 4.82. The molecule has 0 radical (unpaired) electrons.